The summed E-state index contributed by atoms with van der Waals surface area (Å²) in [5.74, 6) is 0.0117. The molecule has 1 aliphatic heterocycles. The molecule has 15 heavy (non-hydrogen) atoms. The Morgan fingerprint density at radius 1 is 1.73 bits per heavy atom. The summed E-state index contributed by atoms with van der Waals surface area (Å²) in [5, 5.41) is 9.92. The lowest BCUT2D eigenvalue weighted by Crippen LogP contribution is -2.46. The predicted octanol–water partition coefficient (Wildman–Crippen LogP) is 0.0853. The van der Waals surface area contributed by atoms with Gasteiger partial charge in [0.05, 0.1) is 12.1 Å². The number of nitrogens with zero attached hydrogens (tertiary/aromatic N) is 1. The van der Waals surface area contributed by atoms with Crippen molar-refractivity contribution in [1.82, 2.24) is 15.8 Å². The van der Waals surface area contributed by atoms with Gasteiger partial charge in [-0.1, -0.05) is 5.16 Å². The number of hydrogen-bond donors (Lipinski definition) is 2. The molecule has 0 unspecified atom stereocenters. The molecule has 0 saturated carbocycles. The molecule has 0 aliphatic carbocycles. The fourth-order valence-corrected chi connectivity index (χ4v) is 1.75. The molecule has 5 heteroatoms. The number of carbonyl (C=O) groups is 1. The van der Waals surface area contributed by atoms with E-state index >= 15 is 0 Å². The lowest BCUT2D eigenvalue weighted by atomic mass is 10.1. The average Bonchev–Trinajstić information content (AvgIpc) is 2.71. The first-order valence-corrected chi connectivity index (χ1v) is 5.24. The van der Waals surface area contributed by atoms with Crippen molar-refractivity contribution < 1.29 is 9.32 Å². The molecule has 2 heterocycles. The zero-order valence-electron chi connectivity index (χ0n) is 8.53. The van der Waals surface area contributed by atoms with Crippen LogP contribution in [-0.4, -0.2) is 30.2 Å². The Labute approximate surface area is 88.2 Å². The second-order valence-corrected chi connectivity index (χ2v) is 3.78. The Balaban J connectivity index is 1.76. The van der Waals surface area contributed by atoms with Crippen molar-refractivity contribution in [3.05, 3.63) is 18.0 Å². The molecule has 1 aromatic rings. The van der Waals surface area contributed by atoms with Gasteiger partial charge in [-0.15, -0.1) is 0 Å². The van der Waals surface area contributed by atoms with Crippen LogP contribution in [0.3, 0.4) is 0 Å². The molecule has 2 rings (SSSR count). The molecule has 1 saturated heterocycles. The van der Waals surface area contributed by atoms with Gasteiger partial charge in [-0.25, -0.2) is 0 Å². The van der Waals surface area contributed by atoms with Crippen LogP contribution < -0.4 is 10.6 Å². The minimum absolute atomic E-state index is 0.0117. The first kappa shape index (κ1) is 10.2. The number of amides is 1. The van der Waals surface area contributed by atoms with Crippen LogP contribution in [0.4, 0.5) is 0 Å². The van der Waals surface area contributed by atoms with Crippen molar-refractivity contribution in [2.75, 3.05) is 13.1 Å². The summed E-state index contributed by atoms with van der Waals surface area (Å²) in [6, 6.07) is 1.97. The lowest BCUT2D eigenvalue weighted by Gasteiger charge is -2.23. The van der Waals surface area contributed by atoms with Crippen LogP contribution in [-0.2, 0) is 11.2 Å². The molecule has 1 amide bonds. The van der Waals surface area contributed by atoms with Crippen molar-refractivity contribution in [2.45, 2.75) is 25.3 Å². The molecular formula is C10H15N3O2. The summed E-state index contributed by atoms with van der Waals surface area (Å²) in [7, 11) is 0. The highest BCUT2D eigenvalue weighted by Crippen LogP contribution is 2.02. The second-order valence-electron chi connectivity index (χ2n) is 3.78. The number of nitrogens with one attached hydrogen (secondary N) is 2. The van der Waals surface area contributed by atoms with Gasteiger partial charge in [-0.2, -0.15) is 0 Å². The number of carbonyl (C=O) groups excluding carboxylic acids is 1. The third-order valence-electron chi connectivity index (χ3n) is 2.49. The van der Waals surface area contributed by atoms with Crippen LogP contribution in [0.1, 0.15) is 18.5 Å². The highest BCUT2D eigenvalue weighted by molar-refractivity contribution is 5.78. The first-order valence-electron chi connectivity index (χ1n) is 5.24. The maximum atomic E-state index is 11.6. The van der Waals surface area contributed by atoms with Crippen molar-refractivity contribution in [1.29, 1.82) is 0 Å². The number of piperidine rings is 1. The van der Waals surface area contributed by atoms with E-state index in [0.29, 0.717) is 12.1 Å². The van der Waals surface area contributed by atoms with E-state index in [2.05, 4.69) is 20.3 Å². The SMILES string of the molecule is O=C(Cc1ccon1)N[C@H]1CCCNC1. The number of aromatic nitrogens is 1. The third kappa shape index (κ3) is 3.06. The molecule has 2 N–H and O–H groups in total. The van der Waals surface area contributed by atoms with E-state index in [1.807, 2.05) is 0 Å². The summed E-state index contributed by atoms with van der Waals surface area (Å²) in [4.78, 5) is 11.6. The molecule has 1 atom stereocenters. The molecule has 5 nitrogen and oxygen atoms in total. The van der Waals surface area contributed by atoms with E-state index in [1.165, 1.54) is 6.26 Å². The second kappa shape index (κ2) is 4.93. The fraction of sp³-hybridized carbons (Fsp3) is 0.600. The van der Waals surface area contributed by atoms with Crippen molar-refractivity contribution in [2.24, 2.45) is 0 Å². The van der Waals surface area contributed by atoms with Gasteiger partial charge >= 0.3 is 0 Å². The Morgan fingerprint density at radius 3 is 3.33 bits per heavy atom. The predicted molar refractivity (Wildman–Crippen MR) is 54.2 cm³/mol. The molecule has 1 fully saturated rings. The Bertz CT molecular complexity index is 304. The van der Waals surface area contributed by atoms with Gasteiger partial charge in [0.1, 0.15) is 6.26 Å². The minimum Gasteiger partial charge on any atom is -0.364 e. The van der Waals surface area contributed by atoms with Gasteiger partial charge in [0.2, 0.25) is 5.91 Å². The van der Waals surface area contributed by atoms with E-state index in [9.17, 15) is 4.79 Å². The van der Waals surface area contributed by atoms with Gasteiger partial charge in [0.25, 0.3) is 0 Å². The molecule has 0 bridgehead atoms. The van der Waals surface area contributed by atoms with Crippen LogP contribution >= 0.6 is 0 Å². The molecular weight excluding hydrogens is 194 g/mol. The van der Waals surface area contributed by atoms with Gasteiger partial charge in [0.15, 0.2) is 0 Å². The fourth-order valence-electron chi connectivity index (χ4n) is 1.75. The van der Waals surface area contributed by atoms with Gasteiger partial charge in [-0.3, -0.25) is 4.79 Å². The van der Waals surface area contributed by atoms with E-state index in [4.69, 9.17) is 0 Å². The monoisotopic (exact) mass is 209 g/mol. The highest BCUT2D eigenvalue weighted by Gasteiger charge is 2.15. The zero-order chi connectivity index (χ0) is 10.5. The topological polar surface area (TPSA) is 67.2 Å². The standard InChI is InChI=1S/C10H15N3O2/c14-10(6-8-3-5-15-13-8)12-9-2-1-4-11-7-9/h3,5,9,11H,1-2,4,6-7H2,(H,12,14)/t9-/m0/s1. The highest BCUT2D eigenvalue weighted by atomic mass is 16.5. The lowest BCUT2D eigenvalue weighted by molar-refractivity contribution is -0.121. The Kier molecular flexibility index (Phi) is 3.34. The molecule has 1 aromatic heterocycles. The van der Waals surface area contributed by atoms with Gasteiger partial charge in [0, 0.05) is 18.7 Å². The van der Waals surface area contributed by atoms with Crippen LogP contribution in [0.25, 0.3) is 0 Å². The van der Waals surface area contributed by atoms with Crippen molar-refractivity contribution >= 4 is 5.91 Å². The largest absolute Gasteiger partial charge is 0.364 e. The number of rotatable bonds is 3. The third-order valence-corrected chi connectivity index (χ3v) is 2.49. The van der Waals surface area contributed by atoms with E-state index < -0.39 is 0 Å². The van der Waals surface area contributed by atoms with E-state index in [1.54, 1.807) is 6.07 Å². The summed E-state index contributed by atoms with van der Waals surface area (Å²) < 4.78 is 4.66. The molecule has 0 aromatic carbocycles. The molecule has 1 aliphatic rings. The summed E-state index contributed by atoms with van der Waals surface area (Å²) in [5.41, 5.74) is 0.677. The van der Waals surface area contributed by atoms with Gasteiger partial charge < -0.3 is 15.2 Å². The van der Waals surface area contributed by atoms with E-state index in [-0.39, 0.29) is 11.9 Å². The van der Waals surface area contributed by atoms with Crippen molar-refractivity contribution in [3.8, 4) is 0 Å². The molecule has 82 valence electrons. The van der Waals surface area contributed by atoms with Crippen LogP contribution in [0.15, 0.2) is 16.9 Å². The van der Waals surface area contributed by atoms with E-state index in [0.717, 1.165) is 25.9 Å². The van der Waals surface area contributed by atoms with Crippen LogP contribution in [0.5, 0.6) is 0 Å². The minimum atomic E-state index is 0.0117. The Morgan fingerprint density at radius 2 is 2.67 bits per heavy atom. The summed E-state index contributed by atoms with van der Waals surface area (Å²) >= 11 is 0. The van der Waals surface area contributed by atoms with Crippen LogP contribution in [0.2, 0.25) is 0 Å². The zero-order valence-corrected chi connectivity index (χ0v) is 8.53. The maximum Gasteiger partial charge on any atom is 0.226 e. The number of hydrogen-bond acceptors (Lipinski definition) is 4. The average molecular weight is 209 g/mol. The Hall–Kier alpha value is -1.36. The normalized spacial score (nSPS) is 21.2. The molecule has 0 radical (unpaired) electrons. The van der Waals surface area contributed by atoms with Crippen LogP contribution in [0, 0.1) is 0 Å². The summed E-state index contributed by atoms with van der Waals surface area (Å²) in [6.45, 7) is 1.92. The maximum absolute atomic E-state index is 11.6. The smallest absolute Gasteiger partial charge is 0.226 e. The van der Waals surface area contributed by atoms with Gasteiger partial charge in [-0.05, 0) is 19.4 Å². The summed E-state index contributed by atoms with van der Waals surface area (Å²) in [6.07, 6.45) is 3.95. The quantitative estimate of drug-likeness (QED) is 0.740. The van der Waals surface area contributed by atoms with Crippen molar-refractivity contribution in [3.63, 3.8) is 0 Å². The first-order chi connectivity index (χ1) is 7.34. The molecule has 0 spiro atoms.